The monoisotopic (exact) mass is 397 g/mol. The lowest BCUT2D eigenvalue weighted by Gasteiger charge is -2.09. The summed E-state index contributed by atoms with van der Waals surface area (Å²) in [7, 11) is 0. The fourth-order valence-electron chi connectivity index (χ4n) is 2.69. The molecule has 6 heteroatoms. The smallest absolute Gasteiger partial charge is 0.203 e. The molecule has 1 aromatic heterocycles. The van der Waals surface area contributed by atoms with Crippen LogP contribution in [0.5, 0.6) is 5.75 Å². The molecule has 0 bridgehead atoms. The van der Waals surface area contributed by atoms with E-state index >= 15 is 0 Å². The van der Waals surface area contributed by atoms with E-state index in [-0.39, 0.29) is 5.82 Å². The third-order valence-corrected chi connectivity index (χ3v) is 4.91. The molecule has 3 rings (SSSR count). The molecule has 0 aliphatic rings. The van der Waals surface area contributed by atoms with Gasteiger partial charge in [-0.1, -0.05) is 56.5 Å². The number of unbranched alkanes of at least 4 members (excludes halogenated alkanes) is 3. The van der Waals surface area contributed by atoms with Gasteiger partial charge in [0, 0.05) is 16.5 Å². The van der Waals surface area contributed by atoms with Crippen molar-refractivity contribution in [1.29, 1.82) is 0 Å². The molecular formula is C22H24FN3OS. The van der Waals surface area contributed by atoms with E-state index in [0.29, 0.717) is 23.1 Å². The van der Waals surface area contributed by atoms with Crippen molar-refractivity contribution in [3.63, 3.8) is 0 Å². The van der Waals surface area contributed by atoms with Crippen LogP contribution in [0.2, 0.25) is 0 Å². The Morgan fingerprint density at radius 2 is 2.00 bits per heavy atom. The Kier molecular flexibility index (Phi) is 7.55. The van der Waals surface area contributed by atoms with E-state index in [1.165, 1.54) is 36.3 Å². The highest BCUT2D eigenvalue weighted by molar-refractivity contribution is 7.14. The number of hydrogen-bond donors (Lipinski definition) is 1. The first-order valence-electron chi connectivity index (χ1n) is 9.48. The summed E-state index contributed by atoms with van der Waals surface area (Å²) < 4.78 is 19.4. The highest BCUT2D eigenvalue weighted by Gasteiger charge is 2.05. The van der Waals surface area contributed by atoms with Crippen molar-refractivity contribution in [1.82, 2.24) is 4.98 Å². The maximum absolute atomic E-state index is 13.6. The predicted octanol–water partition coefficient (Wildman–Crippen LogP) is 6.35. The zero-order valence-electron chi connectivity index (χ0n) is 15.9. The number of halogens is 1. The molecular weight excluding hydrogens is 373 g/mol. The number of anilines is 1. The quantitative estimate of drug-likeness (QED) is 0.246. The fourth-order valence-corrected chi connectivity index (χ4v) is 3.35. The molecule has 0 saturated heterocycles. The maximum Gasteiger partial charge on any atom is 0.203 e. The van der Waals surface area contributed by atoms with Crippen LogP contribution in [0.3, 0.4) is 0 Å². The van der Waals surface area contributed by atoms with Gasteiger partial charge in [0.05, 0.1) is 18.5 Å². The summed E-state index contributed by atoms with van der Waals surface area (Å²) in [5, 5.41) is 6.85. The van der Waals surface area contributed by atoms with Crippen LogP contribution in [0.15, 0.2) is 59.0 Å². The fraction of sp³-hybridized carbons (Fsp3) is 0.273. The third kappa shape index (κ3) is 5.89. The van der Waals surface area contributed by atoms with E-state index in [0.717, 1.165) is 24.1 Å². The van der Waals surface area contributed by atoms with E-state index in [1.807, 2.05) is 35.7 Å². The minimum atomic E-state index is -0.319. The second kappa shape index (κ2) is 10.6. The highest BCUT2D eigenvalue weighted by atomic mass is 32.1. The molecule has 1 N–H and O–H groups in total. The van der Waals surface area contributed by atoms with Crippen molar-refractivity contribution in [3.05, 3.63) is 65.3 Å². The van der Waals surface area contributed by atoms with Crippen LogP contribution in [0.1, 0.15) is 38.2 Å². The molecule has 146 valence electrons. The normalized spacial score (nSPS) is 11.1. The zero-order valence-corrected chi connectivity index (χ0v) is 16.7. The van der Waals surface area contributed by atoms with Crippen molar-refractivity contribution < 1.29 is 9.13 Å². The molecule has 28 heavy (non-hydrogen) atoms. The number of ether oxygens (including phenoxy) is 1. The van der Waals surface area contributed by atoms with Crippen molar-refractivity contribution in [3.8, 4) is 17.0 Å². The number of hydrogen-bond acceptors (Lipinski definition) is 5. The van der Waals surface area contributed by atoms with E-state index < -0.39 is 0 Å². The first-order valence-corrected chi connectivity index (χ1v) is 10.4. The van der Waals surface area contributed by atoms with Crippen LogP contribution in [0.25, 0.3) is 11.3 Å². The van der Waals surface area contributed by atoms with Gasteiger partial charge in [-0.25, -0.2) is 9.37 Å². The second-order valence-electron chi connectivity index (χ2n) is 6.37. The van der Waals surface area contributed by atoms with Gasteiger partial charge in [0.15, 0.2) is 0 Å². The summed E-state index contributed by atoms with van der Waals surface area (Å²) in [5.74, 6) is 0.313. The molecule has 0 unspecified atom stereocenters. The summed E-state index contributed by atoms with van der Waals surface area (Å²) in [6.07, 6.45) is 6.07. The maximum atomic E-state index is 13.6. The standard InChI is InChI=1S/C22H24FN3OS/c1-2-3-4-8-13-27-21-12-11-19(23)14-18(21)15-24-26-22-25-20(16-28-22)17-9-6-5-7-10-17/h5-7,9-12,14-16H,2-4,8,13H2,1H3,(H,25,26). The Morgan fingerprint density at radius 3 is 2.82 bits per heavy atom. The minimum absolute atomic E-state index is 0.319. The van der Waals surface area contributed by atoms with Gasteiger partial charge in [-0.05, 0) is 24.6 Å². The van der Waals surface area contributed by atoms with Crippen LogP contribution in [-0.2, 0) is 0 Å². The Bertz CT molecular complexity index is 896. The summed E-state index contributed by atoms with van der Waals surface area (Å²) in [6.45, 7) is 2.79. The summed E-state index contributed by atoms with van der Waals surface area (Å²) >= 11 is 1.47. The van der Waals surface area contributed by atoms with Crippen molar-refractivity contribution in [2.75, 3.05) is 12.0 Å². The largest absolute Gasteiger partial charge is 0.493 e. The van der Waals surface area contributed by atoms with Crippen LogP contribution in [0.4, 0.5) is 9.52 Å². The molecule has 0 fully saturated rings. The number of benzene rings is 2. The average molecular weight is 398 g/mol. The van der Waals surface area contributed by atoms with Gasteiger partial charge in [-0.15, -0.1) is 11.3 Å². The molecule has 0 aliphatic heterocycles. The second-order valence-corrected chi connectivity index (χ2v) is 7.22. The predicted molar refractivity (Wildman–Crippen MR) is 115 cm³/mol. The van der Waals surface area contributed by atoms with E-state index in [2.05, 4.69) is 22.4 Å². The summed E-state index contributed by atoms with van der Waals surface area (Å²) in [5.41, 5.74) is 5.46. The Hall–Kier alpha value is -2.73. The van der Waals surface area contributed by atoms with Gasteiger partial charge < -0.3 is 4.74 Å². The molecule has 0 saturated carbocycles. The molecule has 0 spiro atoms. The number of rotatable bonds is 10. The van der Waals surface area contributed by atoms with Crippen LogP contribution >= 0.6 is 11.3 Å². The lowest BCUT2D eigenvalue weighted by Crippen LogP contribution is -2.01. The highest BCUT2D eigenvalue weighted by Crippen LogP contribution is 2.24. The Balaban J connectivity index is 1.60. The van der Waals surface area contributed by atoms with Gasteiger partial charge in [-0.3, -0.25) is 5.43 Å². The van der Waals surface area contributed by atoms with E-state index in [9.17, 15) is 4.39 Å². The topological polar surface area (TPSA) is 46.5 Å². The molecule has 1 heterocycles. The van der Waals surface area contributed by atoms with Gasteiger partial charge in [0.2, 0.25) is 5.13 Å². The van der Waals surface area contributed by atoms with Crippen LogP contribution in [-0.4, -0.2) is 17.8 Å². The first-order chi connectivity index (χ1) is 13.8. The average Bonchev–Trinajstić information content (AvgIpc) is 3.19. The zero-order chi connectivity index (χ0) is 19.6. The molecule has 2 aromatic carbocycles. The van der Waals surface area contributed by atoms with Gasteiger partial charge >= 0.3 is 0 Å². The number of hydrazone groups is 1. The van der Waals surface area contributed by atoms with Gasteiger partial charge in [-0.2, -0.15) is 5.10 Å². The summed E-state index contributed by atoms with van der Waals surface area (Å²) in [4.78, 5) is 4.52. The molecule has 0 aliphatic carbocycles. The number of thiazole rings is 1. The third-order valence-electron chi connectivity index (χ3n) is 4.16. The Labute approximate surface area is 169 Å². The van der Waals surface area contributed by atoms with Crippen molar-refractivity contribution in [2.24, 2.45) is 5.10 Å². The van der Waals surface area contributed by atoms with Crippen LogP contribution in [0, 0.1) is 5.82 Å². The van der Waals surface area contributed by atoms with Crippen molar-refractivity contribution >= 4 is 22.7 Å². The molecule has 0 amide bonds. The van der Waals surface area contributed by atoms with E-state index in [4.69, 9.17) is 4.74 Å². The van der Waals surface area contributed by atoms with Crippen LogP contribution < -0.4 is 10.2 Å². The minimum Gasteiger partial charge on any atom is -0.493 e. The molecule has 4 nitrogen and oxygen atoms in total. The van der Waals surface area contributed by atoms with Gasteiger partial charge in [0.1, 0.15) is 11.6 Å². The number of nitrogens with one attached hydrogen (secondary N) is 1. The van der Waals surface area contributed by atoms with Gasteiger partial charge in [0.25, 0.3) is 0 Å². The van der Waals surface area contributed by atoms with E-state index in [1.54, 1.807) is 12.3 Å². The number of aromatic nitrogens is 1. The first kappa shape index (κ1) is 20.0. The molecule has 0 atom stereocenters. The van der Waals surface area contributed by atoms with Crippen molar-refractivity contribution in [2.45, 2.75) is 32.6 Å². The molecule has 3 aromatic rings. The lowest BCUT2D eigenvalue weighted by molar-refractivity contribution is 0.304. The SMILES string of the molecule is CCCCCCOc1ccc(F)cc1C=NNc1nc(-c2ccccc2)cs1. The lowest BCUT2D eigenvalue weighted by atomic mass is 10.2. The molecule has 0 radical (unpaired) electrons. The number of nitrogens with zero attached hydrogens (tertiary/aromatic N) is 2. The Morgan fingerprint density at radius 1 is 1.14 bits per heavy atom. The summed E-state index contributed by atoms with van der Waals surface area (Å²) in [6, 6.07) is 14.4.